The Balaban J connectivity index is 1.43. The van der Waals surface area contributed by atoms with Crippen molar-refractivity contribution in [2.24, 2.45) is 14.1 Å². The maximum absolute atomic E-state index is 4.69. The fourth-order valence-corrected chi connectivity index (χ4v) is 4.07. The summed E-state index contributed by atoms with van der Waals surface area (Å²) in [5, 5.41) is 9.07. The van der Waals surface area contributed by atoms with E-state index >= 15 is 0 Å². The van der Waals surface area contributed by atoms with Crippen LogP contribution in [0.1, 0.15) is 24.4 Å². The van der Waals surface area contributed by atoms with Gasteiger partial charge in [0.1, 0.15) is 11.6 Å². The van der Waals surface area contributed by atoms with E-state index in [0.717, 1.165) is 34.0 Å². The lowest BCUT2D eigenvalue weighted by atomic mass is 10.0. The van der Waals surface area contributed by atoms with Gasteiger partial charge >= 0.3 is 0 Å². The Bertz CT molecular complexity index is 1410. The van der Waals surface area contributed by atoms with Gasteiger partial charge in [0.15, 0.2) is 0 Å². The molecule has 3 aromatic heterocycles. The first-order chi connectivity index (χ1) is 15.5. The molecular weight excluding hydrogens is 396 g/mol. The molecule has 1 atom stereocenters. The summed E-state index contributed by atoms with van der Waals surface area (Å²) in [6, 6.07) is 19.2. The van der Waals surface area contributed by atoms with Crippen molar-refractivity contribution in [3.05, 3.63) is 84.6 Å². The first-order valence-electron chi connectivity index (χ1n) is 10.7. The first-order valence-corrected chi connectivity index (χ1v) is 10.7. The average molecular weight is 423 g/mol. The fourth-order valence-electron chi connectivity index (χ4n) is 4.07. The van der Waals surface area contributed by atoms with Gasteiger partial charge in [-0.05, 0) is 48.6 Å². The molecule has 2 aromatic carbocycles. The lowest BCUT2D eigenvalue weighted by Gasteiger charge is -2.17. The lowest BCUT2D eigenvalue weighted by molar-refractivity contribution is 0.768. The summed E-state index contributed by atoms with van der Waals surface area (Å²) in [5.41, 5.74) is 6.64. The molecule has 160 valence electrons. The molecule has 32 heavy (non-hydrogen) atoms. The third-order valence-electron chi connectivity index (χ3n) is 5.81. The van der Waals surface area contributed by atoms with Gasteiger partial charge in [0.05, 0.1) is 11.9 Å². The van der Waals surface area contributed by atoms with E-state index in [1.54, 1.807) is 0 Å². The van der Waals surface area contributed by atoms with Crippen molar-refractivity contribution >= 4 is 16.7 Å². The summed E-state index contributed by atoms with van der Waals surface area (Å²) in [6.07, 6.45) is 6.00. The topological polar surface area (TPSA) is 60.6 Å². The molecule has 0 amide bonds. The Hall–Kier alpha value is -3.93. The second-order valence-corrected chi connectivity index (χ2v) is 8.28. The summed E-state index contributed by atoms with van der Waals surface area (Å²) >= 11 is 0. The predicted octanol–water partition coefficient (Wildman–Crippen LogP) is 5.52. The van der Waals surface area contributed by atoms with Crippen LogP contribution in [0.3, 0.4) is 0 Å². The van der Waals surface area contributed by atoms with Crippen LogP contribution in [0.15, 0.2) is 73.2 Å². The number of hydrogen-bond acceptors (Lipinski definition) is 4. The van der Waals surface area contributed by atoms with Gasteiger partial charge in [-0.2, -0.15) is 5.10 Å². The van der Waals surface area contributed by atoms with Gasteiger partial charge in [-0.3, -0.25) is 4.68 Å². The van der Waals surface area contributed by atoms with E-state index in [-0.39, 0.29) is 6.04 Å². The fraction of sp³-hybridized carbons (Fsp3) is 0.192. The van der Waals surface area contributed by atoms with E-state index in [9.17, 15) is 0 Å². The second kappa shape index (κ2) is 7.96. The molecule has 5 rings (SSSR count). The highest BCUT2D eigenvalue weighted by Crippen LogP contribution is 2.28. The number of benzene rings is 2. The number of aryl methyl sites for hydroxylation is 3. The van der Waals surface area contributed by atoms with E-state index in [0.29, 0.717) is 0 Å². The van der Waals surface area contributed by atoms with Crippen molar-refractivity contribution in [2.75, 3.05) is 5.32 Å². The molecule has 0 aliphatic carbocycles. The van der Waals surface area contributed by atoms with Gasteiger partial charge in [0.2, 0.25) is 0 Å². The SMILES string of the molecule is Cc1nc(NC(C)c2cccc(-c3cnn(C)c3)c2)cc(-c2ccc3ccn(C)c3c2)n1. The first kappa shape index (κ1) is 20.0. The van der Waals surface area contributed by atoms with Crippen molar-refractivity contribution in [3.8, 4) is 22.4 Å². The molecule has 6 heteroatoms. The maximum atomic E-state index is 4.69. The van der Waals surface area contributed by atoms with Crippen molar-refractivity contribution in [1.82, 2.24) is 24.3 Å². The number of hydrogen-bond donors (Lipinski definition) is 1. The van der Waals surface area contributed by atoms with Gasteiger partial charge in [-0.1, -0.05) is 30.3 Å². The van der Waals surface area contributed by atoms with Gasteiger partial charge in [0, 0.05) is 55.2 Å². The zero-order valence-electron chi connectivity index (χ0n) is 18.7. The minimum absolute atomic E-state index is 0.0872. The number of rotatable bonds is 5. The van der Waals surface area contributed by atoms with Crippen LogP contribution in [0.25, 0.3) is 33.3 Å². The van der Waals surface area contributed by atoms with Gasteiger partial charge in [0.25, 0.3) is 0 Å². The smallest absolute Gasteiger partial charge is 0.130 e. The van der Waals surface area contributed by atoms with Crippen LogP contribution < -0.4 is 5.32 Å². The zero-order valence-corrected chi connectivity index (χ0v) is 18.7. The molecule has 3 heterocycles. The predicted molar refractivity (Wildman–Crippen MR) is 129 cm³/mol. The van der Waals surface area contributed by atoms with E-state index in [2.05, 4.69) is 88.7 Å². The zero-order chi connectivity index (χ0) is 22.2. The van der Waals surface area contributed by atoms with Crippen molar-refractivity contribution in [1.29, 1.82) is 0 Å². The Kier molecular flexibility index (Phi) is 4.98. The van der Waals surface area contributed by atoms with Crippen molar-refractivity contribution in [2.45, 2.75) is 19.9 Å². The van der Waals surface area contributed by atoms with Crippen LogP contribution >= 0.6 is 0 Å². The van der Waals surface area contributed by atoms with Gasteiger partial charge in [-0.15, -0.1) is 0 Å². The Morgan fingerprint density at radius 3 is 2.59 bits per heavy atom. The minimum atomic E-state index is 0.0872. The maximum Gasteiger partial charge on any atom is 0.130 e. The molecular formula is C26H26N6. The molecule has 5 aromatic rings. The largest absolute Gasteiger partial charge is 0.363 e. The molecule has 0 saturated heterocycles. The molecule has 6 nitrogen and oxygen atoms in total. The van der Waals surface area contributed by atoms with E-state index in [1.165, 1.54) is 16.5 Å². The molecule has 0 spiro atoms. The van der Waals surface area contributed by atoms with Crippen LogP contribution in [-0.4, -0.2) is 24.3 Å². The second-order valence-electron chi connectivity index (χ2n) is 8.28. The number of nitrogens with one attached hydrogen (secondary N) is 1. The molecule has 0 bridgehead atoms. The highest BCUT2D eigenvalue weighted by atomic mass is 15.2. The van der Waals surface area contributed by atoms with Crippen molar-refractivity contribution < 1.29 is 0 Å². The third-order valence-corrected chi connectivity index (χ3v) is 5.81. The lowest BCUT2D eigenvalue weighted by Crippen LogP contribution is -2.09. The molecule has 1 unspecified atom stereocenters. The van der Waals surface area contributed by atoms with Crippen molar-refractivity contribution in [3.63, 3.8) is 0 Å². The molecule has 0 radical (unpaired) electrons. The third kappa shape index (κ3) is 3.87. The summed E-state index contributed by atoms with van der Waals surface area (Å²) in [5.74, 6) is 1.56. The normalized spacial score (nSPS) is 12.2. The monoisotopic (exact) mass is 422 g/mol. The Labute approximate surface area is 187 Å². The molecule has 1 N–H and O–H groups in total. The standard InChI is InChI=1S/C26H26N6/c1-17(20-6-5-7-21(12-20)23-15-27-32(4)16-23)28-26-14-24(29-18(2)30-26)22-9-8-19-10-11-31(3)25(19)13-22/h5-17H,1-4H3,(H,28,29,30). The summed E-state index contributed by atoms with van der Waals surface area (Å²) in [6.45, 7) is 4.08. The minimum Gasteiger partial charge on any atom is -0.363 e. The molecule has 0 aliphatic rings. The van der Waals surface area contributed by atoms with Gasteiger partial charge < -0.3 is 9.88 Å². The number of fused-ring (bicyclic) bond motifs is 1. The summed E-state index contributed by atoms with van der Waals surface area (Å²) in [7, 11) is 3.99. The number of aromatic nitrogens is 5. The van der Waals surface area contributed by atoms with Crippen LogP contribution in [0.4, 0.5) is 5.82 Å². The highest BCUT2D eigenvalue weighted by Gasteiger charge is 2.11. The Morgan fingerprint density at radius 2 is 1.78 bits per heavy atom. The summed E-state index contributed by atoms with van der Waals surface area (Å²) < 4.78 is 3.95. The van der Waals surface area contributed by atoms with Crippen LogP contribution in [0, 0.1) is 6.92 Å². The number of anilines is 1. The highest BCUT2D eigenvalue weighted by molar-refractivity contribution is 5.85. The summed E-state index contributed by atoms with van der Waals surface area (Å²) in [4.78, 5) is 9.33. The van der Waals surface area contributed by atoms with Crippen LogP contribution in [0.5, 0.6) is 0 Å². The van der Waals surface area contributed by atoms with Crippen LogP contribution in [-0.2, 0) is 14.1 Å². The Morgan fingerprint density at radius 1 is 0.906 bits per heavy atom. The molecule has 0 saturated carbocycles. The quantitative estimate of drug-likeness (QED) is 0.405. The van der Waals surface area contributed by atoms with E-state index in [4.69, 9.17) is 4.98 Å². The van der Waals surface area contributed by atoms with E-state index < -0.39 is 0 Å². The van der Waals surface area contributed by atoms with Gasteiger partial charge in [-0.25, -0.2) is 9.97 Å². The average Bonchev–Trinajstić information content (AvgIpc) is 3.39. The molecule has 0 fully saturated rings. The van der Waals surface area contributed by atoms with Crippen LogP contribution in [0.2, 0.25) is 0 Å². The van der Waals surface area contributed by atoms with E-state index in [1.807, 2.05) is 37.1 Å². The molecule has 0 aliphatic heterocycles. The number of nitrogens with zero attached hydrogens (tertiary/aromatic N) is 5.